The first-order valence-electron chi connectivity index (χ1n) is 4.88. The topological polar surface area (TPSA) is 55.8 Å². The zero-order chi connectivity index (χ0) is 11.7. The van der Waals surface area contributed by atoms with E-state index < -0.39 is 17.7 Å². The molecule has 0 amide bonds. The van der Waals surface area contributed by atoms with Crippen LogP contribution in [0.1, 0.15) is 12.5 Å². The minimum absolute atomic E-state index is 0.00416. The molecule has 86 valence electrons. The largest absolute Gasteiger partial charge is 0.481 e. The molecule has 0 spiro atoms. The Kier molecular flexibility index (Phi) is 2.68. The van der Waals surface area contributed by atoms with Gasteiger partial charge in [0.25, 0.3) is 0 Å². The number of rotatable bonds is 3. The fourth-order valence-electron chi connectivity index (χ4n) is 1.58. The van der Waals surface area contributed by atoms with E-state index in [-0.39, 0.29) is 19.0 Å². The van der Waals surface area contributed by atoms with Crippen LogP contribution in [0, 0.1) is 11.7 Å². The molecular formula is C11H11FO4. The van der Waals surface area contributed by atoms with E-state index in [1.807, 2.05) is 0 Å². The van der Waals surface area contributed by atoms with E-state index in [1.54, 1.807) is 13.0 Å². The molecule has 1 aromatic carbocycles. The molecule has 5 heteroatoms. The first-order valence-corrected chi connectivity index (χ1v) is 4.88. The van der Waals surface area contributed by atoms with Gasteiger partial charge < -0.3 is 14.6 Å². The van der Waals surface area contributed by atoms with Gasteiger partial charge in [0.05, 0.1) is 5.92 Å². The van der Waals surface area contributed by atoms with Gasteiger partial charge in [0.1, 0.15) is 0 Å². The van der Waals surface area contributed by atoms with Gasteiger partial charge in [-0.05, 0) is 24.1 Å². The molecule has 2 rings (SSSR count). The molecule has 1 aliphatic rings. The van der Waals surface area contributed by atoms with Crippen LogP contribution in [-0.2, 0) is 11.2 Å². The summed E-state index contributed by atoms with van der Waals surface area (Å²) in [7, 11) is 0. The lowest BCUT2D eigenvalue weighted by molar-refractivity contribution is -0.141. The summed E-state index contributed by atoms with van der Waals surface area (Å²) in [6.45, 7) is 1.58. The average molecular weight is 226 g/mol. The first-order chi connectivity index (χ1) is 7.58. The van der Waals surface area contributed by atoms with Crippen LogP contribution in [0.4, 0.5) is 4.39 Å². The van der Waals surface area contributed by atoms with E-state index in [0.29, 0.717) is 11.3 Å². The number of aliphatic carboxylic acids is 1. The minimum atomic E-state index is -0.905. The zero-order valence-electron chi connectivity index (χ0n) is 8.70. The molecule has 1 atom stereocenters. The van der Waals surface area contributed by atoms with Crippen molar-refractivity contribution in [3.63, 3.8) is 0 Å². The van der Waals surface area contributed by atoms with E-state index in [4.69, 9.17) is 14.6 Å². The molecule has 0 fully saturated rings. The lowest BCUT2D eigenvalue weighted by Gasteiger charge is -2.07. The molecule has 1 N–H and O–H groups in total. The predicted octanol–water partition coefficient (Wildman–Crippen LogP) is 1.82. The van der Waals surface area contributed by atoms with Crippen LogP contribution in [-0.4, -0.2) is 17.9 Å². The fraction of sp³-hybridized carbons (Fsp3) is 0.364. The Morgan fingerprint density at radius 2 is 2.31 bits per heavy atom. The fourth-order valence-corrected chi connectivity index (χ4v) is 1.58. The number of carbonyl (C=O) groups is 1. The van der Waals surface area contributed by atoms with Gasteiger partial charge in [0.2, 0.25) is 12.5 Å². The Hall–Kier alpha value is -1.78. The quantitative estimate of drug-likeness (QED) is 0.854. The summed E-state index contributed by atoms with van der Waals surface area (Å²) in [5.74, 6) is -1.53. The summed E-state index contributed by atoms with van der Waals surface area (Å²) >= 11 is 0. The summed E-state index contributed by atoms with van der Waals surface area (Å²) in [5, 5.41) is 8.76. The van der Waals surface area contributed by atoms with Crippen LogP contribution in [0.2, 0.25) is 0 Å². The lowest BCUT2D eigenvalue weighted by Crippen LogP contribution is -2.12. The van der Waals surface area contributed by atoms with Crippen molar-refractivity contribution in [3.05, 3.63) is 23.5 Å². The molecule has 0 bridgehead atoms. The molecule has 16 heavy (non-hydrogen) atoms. The highest BCUT2D eigenvalue weighted by Crippen LogP contribution is 2.36. The minimum Gasteiger partial charge on any atom is -0.481 e. The molecule has 0 saturated carbocycles. The molecule has 1 aliphatic heterocycles. The Morgan fingerprint density at radius 3 is 3.00 bits per heavy atom. The number of hydrogen-bond donors (Lipinski definition) is 1. The van der Waals surface area contributed by atoms with Crippen molar-refractivity contribution < 1.29 is 23.8 Å². The van der Waals surface area contributed by atoms with Gasteiger partial charge in [0.15, 0.2) is 11.6 Å². The SMILES string of the molecule is CC(Cc1cc(F)c2c(c1)OCO2)C(=O)O. The van der Waals surface area contributed by atoms with E-state index in [1.165, 1.54) is 6.07 Å². The summed E-state index contributed by atoms with van der Waals surface area (Å²) in [6, 6.07) is 2.90. The number of ether oxygens (including phenoxy) is 2. The van der Waals surface area contributed by atoms with Crippen molar-refractivity contribution in [1.82, 2.24) is 0 Å². The highest BCUT2D eigenvalue weighted by Gasteiger charge is 2.21. The van der Waals surface area contributed by atoms with Crippen molar-refractivity contribution >= 4 is 5.97 Å². The number of benzene rings is 1. The van der Waals surface area contributed by atoms with Gasteiger partial charge in [-0.25, -0.2) is 4.39 Å². The Morgan fingerprint density at radius 1 is 1.56 bits per heavy atom. The highest BCUT2D eigenvalue weighted by atomic mass is 19.1. The van der Waals surface area contributed by atoms with Gasteiger partial charge in [-0.3, -0.25) is 4.79 Å². The third-order valence-corrected chi connectivity index (χ3v) is 2.45. The van der Waals surface area contributed by atoms with Gasteiger partial charge in [-0.15, -0.1) is 0 Å². The first kappa shape index (κ1) is 10.7. The van der Waals surface area contributed by atoms with Crippen molar-refractivity contribution in [2.75, 3.05) is 6.79 Å². The van der Waals surface area contributed by atoms with E-state index in [0.717, 1.165) is 0 Å². The van der Waals surface area contributed by atoms with Crippen LogP contribution in [0.15, 0.2) is 12.1 Å². The Balaban J connectivity index is 2.23. The monoisotopic (exact) mass is 226 g/mol. The average Bonchev–Trinajstić information content (AvgIpc) is 2.65. The van der Waals surface area contributed by atoms with Gasteiger partial charge >= 0.3 is 5.97 Å². The van der Waals surface area contributed by atoms with Gasteiger partial charge in [-0.2, -0.15) is 0 Å². The number of carboxylic acid groups (broad SMARTS) is 1. The van der Waals surface area contributed by atoms with E-state index in [2.05, 4.69) is 0 Å². The maximum absolute atomic E-state index is 13.5. The number of carboxylic acids is 1. The second-order valence-corrected chi connectivity index (χ2v) is 3.75. The van der Waals surface area contributed by atoms with Crippen LogP contribution in [0.25, 0.3) is 0 Å². The number of fused-ring (bicyclic) bond motifs is 1. The molecule has 0 saturated heterocycles. The van der Waals surface area contributed by atoms with Crippen molar-refractivity contribution in [2.45, 2.75) is 13.3 Å². The van der Waals surface area contributed by atoms with Crippen LogP contribution < -0.4 is 9.47 Å². The van der Waals surface area contributed by atoms with Crippen LogP contribution in [0.3, 0.4) is 0 Å². The third-order valence-electron chi connectivity index (χ3n) is 2.45. The van der Waals surface area contributed by atoms with Gasteiger partial charge in [0, 0.05) is 0 Å². The molecule has 0 radical (unpaired) electrons. The normalized spacial score (nSPS) is 14.9. The second kappa shape index (κ2) is 4.00. The third kappa shape index (κ3) is 1.93. The summed E-state index contributed by atoms with van der Waals surface area (Å²) < 4.78 is 23.4. The number of halogens is 1. The van der Waals surface area contributed by atoms with Crippen LogP contribution >= 0.6 is 0 Å². The van der Waals surface area contributed by atoms with Gasteiger partial charge in [-0.1, -0.05) is 6.92 Å². The molecule has 4 nitrogen and oxygen atoms in total. The van der Waals surface area contributed by atoms with E-state index in [9.17, 15) is 9.18 Å². The highest BCUT2D eigenvalue weighted by molar-refractivity contribution is 5.70. The maximum atomic E-state index is 13.5. The molecule has 0 aromatic heterocycles. The van der Waals surface area contributed by atoms with Crippen molar-refractivity contribution in [1.29, 1.82) is 0 Å². The summed E-state index contributed by atoms with van der Waals surface area (Å²) in [4.78, 5) is 10.7. The van der Waals surface area contributed by atoms with Crippen molar-refractivity contribution in [2.24, 2.45) is 5.92 Å². The molecular weight excluding hydrogens is 215 g/mol. The summed E-state index contributed by atoms with van der Waals surface area (Å²) in [5.41, 5.74) is 0.594. The maximum Gasteiger partial charge on any atom is 0.306 e. The van der Waals surface area contributed by atoms with Crippen LogP contribution in [0.5, 0.6) is 11.5 Å². The summed E-state index contributed by atoms with van der Waals surface area (Å²) in [6.07, 6.45) is 0.267. The van der Waals surface area contributed by atoms with E-state index >= 15 is 0 Å². The molecule has 1 unspecified atom stereocenters. The lowest BCUT2D eigenvalue weighted by atomic mass is 10.0. The molecule has 1 aromatic rings. The predicted molar refractivity (Wildman–Crippen MR) is 53.0 cm³/mol. The Bertz CT molecular complexity index is 430. The molecule has 1 heterocycles. The number of hydrogen-bond acceptors (Lipinski definition) is 3. The standard InChI is InChI=1S/C11H11FO4/c1-6(11(13)14)2-7-3-8(12)10-9(4-7)15-5-16-10/h3-4,6H,2,5H2,1H3,(H,13,14). The zero-order valence-corrected chi connectivity index (χ0v) is 8.70. The smallest absolute Gasteiger partial charge is 0.306 e. The second-order valence-electron chi connectivity index (χ2n) is 3.75. The molecule has 0 aliphatic carbocycles. The Labute approximate surface area is 91.6 Å². The van der Waals surface area contributed by atoms with Crippen molar-refractivity contribution in [3.8, 4) is 11.5 Å².